The van der Waals surface area contributed by atoms with E-state index in [-0.39, 0.29) is 23.2 Å². The lowest BCUT2D eigenvalue weighted by atomic mass is 10.0. The first-order valence-electron chi connectivity index (χ1n) is 10.9. The Morgan fingerprint density at radius 2 is 1.74 bits per heavy atom. The largest absolute Gasteiger partial charge is 0.474 e. The zero-order valence-corrected chi connectivity index (χ0v) is 21.6. The highest BCUT2D eigenvalue weighted by atomic mass is 35.5. The number of pyridine rings is 1. The summed E-state index contributed by atoms with van der Waals surface area (Å²) in [7, 11) is -3.79. The van der Waals surface area contributed by atoms with Crippen molar-refractivity contribution in [2.24, 2.45) is 0 Å². The minimum atomic E-state index is -3.79. The fourth-order valence-corrected chi connectivity index (χ4v) is 6.29. The van der Waals surface area contributed by atoms with Crippen molar-refractivity contribution in [3.63, 3.8) is 0 Å². The predicted molar refractivity (Wildman–Crippen MR) is 135 cm³/mol. The van der Waals surface area contributed by atoms with Gasteiger partial charge in [0.05, 0.1) is 12.6 Å². The number of carbonyl (C=O) groups excluding carboxylic acids is 1. The third kappa shape index (κ3) is 6.88. The van der Waals surface area contributed by atoms with E-state index in [2.05, 4.69) is 9.71 Å². The van der Waals surface area contributed by atoms with Crippen molar-refractivity contribution in [3.8, 4) is 0 Å². The van der Waals surface area contributed by atoms with Gasteiger partial charge < -0.3 is 10.0 Å². The average Bonchev–Trinajstić information content (AvgIpc) is 3.33. The molecule has 1 amide bonds. The Balaban J connectivity index is 1.76. The number of aromatic nitrogens is 1. The number of carbonyl (C=O) groups is 2. The molecule has 2 unspecified atom stereocenters. The second kappa shape index (κ2) is 11.8. The van der Waals surface area contributed by atoms with Crippen LogP contribution >= 0.6 is 22.9 Å². The van der Waals surface area contributed by atoms with E-state index in [9.17, 15) is 23.1 Å². The van der Waals surface area contributed by atoms with Crippen molar-refractivity contribution in [1.82, 2.24) is 14.6 Å². The Labute approximate surface area is 213 Å². The fraction of sp³-hybridized carbons (Fsp3) is 0.292. The summed E-state index contributed by atoms with van der Waals surface area (Å²) in [6.45, 7) is 3.92. The van der Waals surface area contributed by atoms with Gasteiger partial charge in [-0.2, -0.15) is 0 Å². The van der Waals surface area contributed by atoms with Gasteiger partial charge >= 0.3 is 11.9 Å². The highest BCUT2D eigenvalue weighted by Gasteiger charge is 2.29. The van der Waals surface area contributed by atoms with Gasteiger partial charge in [-0.25, -0.2) is 17.9 Å². The van der Waals surface area contributed by atoms with Crippen LogP contribution in [-0.2, 0) is 26.2 Å². The van der Waals surface area contributed by atoms with Crippen LogP contribution in [0.1, 0.15) is 48.2 Å². The molecular formula is C24H26ClN3O5S2. The van der Waals surface area contributed by atoms with Crippen LogP contribution in [0.25, 0.3) is 0 Å². The molecule has 35 heavy (non-hydrogen) atoms. The van der Waals surface area contributed by atoms with E-state index in [4.69, 9.17) is 11.6 Å². The summed E-state index contributed by atoms with van der Waals surface area (Å²) in [6.07, 6.45) is 3.63. The maximum atomic E-state index is 12.9. The molecule has 3 aromatic rings. The zero-order chi connectivity index (χ0) is 25.6. The summed E-state index contributed by atoms with van der Waals surface area (Å²) in [5.74, 6) is -2.70. The van der Waals surface area contributed by atoms with E-state index in [1.54, 1.807) is 42.7 Å². The Morgan fingerprint density at radius 3 is 2.34 bits per heavy atom. The standard InChI is InChI=1S/C24H26ClN3O5S2/c1-3-21(18-10-12-26-13-11-18)28(23(29)24(30)31)15-20-8-9-22(34-20)35(32,33)27-14-16(2)17-4-6-19(25)7-5-17/h4-13,16,21,27H,3,14-15H2,1-2H3,(H,30,31). The third-order valence-electron chi connectivity index (χ3n) is 5.54. The molecule has 0 radical (unpaired) electrons. The summed E-state index contributed by atoms with van der Waals surface area (Å²) < 4.78 is 28.5. The van der Waals surface area contributed by atoms with Gasteiger partial charge in [-0.15, -0.1) is 11.3 Å². The van der Waals surface area contributed by atoms with E-state index in [0.29, 0.717) is 16.3 Å². The highest BCUT2D eigenvalue weighted by Crippen LogP contribution is 2.29. The van der Waals surface area contributed by atoms with Crippen molar-refractivity contribution >= 4 is 44.8 Å². The SMILES string of the molecule is CCC(c1ccncc1)N(Cc1ccc(S(=O)(=O)NCC(C)c2ccc(Cl)cc2)s1)C(=O)C(=O)O. The van der Waals surface area contributed by atoms with E-state index in [1.807, 2.05) is 26.0 Å². The molecular weight excluding hydrogens is 510 g/mol. The van der Waals surface area contributed by atoms with Crippen LogP contribution in [-0.4, -0.2) is 41.8 Å². The number of carboxylic acid groups (broad SMARTS) is 1. The first-order valence-corrected chi connectivity index (χ1v) is 13.6. The second-order valence-electron chi connectivity index (χ2n) is 7.97. The molecule has 0 saturated heterocycles. The number of halogens is 1. The molecule has 2 aromatic heterocycles. The van der Waals surface area contributed by atoms with Crippen molar-refractivity contribution in [3.05, 3.63) is 82.0 Å². The quantitative estimate of drug-likeness (QED) is 0.371. The van der Waals surface area contributed by atoms with E-state index in [0.717, 1.165) is 22.5 Å². The lowest BCUT2D eigenvalue weighted by Crippen LogP contribution is -2.38. The number of carboxylic acids is 1. The van der Waals surface area contributed by atoms with Crippen molar-refractivity contribution < 1.29 is 23.1 Å². The number of amides is 1. The van der Waals surface area contributed by atoms with E-state index in [1.165, 1.54) is 11.0 Å². The molecule has 0 saturated carbocycles. The Hall–Kier alpha value is -2.79. The normalized spacial score (nSPS) is 13.2. The van der Waals surface area contributed by atoms with Crippen LogP contribution in [0.2, 0.25) is 5.02 Å². The number of nitrogens with one attached hydrogen (secondary N) is 1. The Bertz CT molecular complexity index is 1260. The maximum absolute atomic E-state index is 12.9. The molecule has 0 aliphatic rings. The Kier molecular flexibility index (Phi) is 9.01. The molecule has 0 fully saturated rings. The van der Waals surface area contributed by atoms with Crippen molar-refractivity contribution in [2.75, 3.05) is 6.54 Å². The number of hydrogen-bond acceptors (Lipinski definition) is 6. The molecule has 1 aromatic carbocycles. The van der Waals surface area contributed by atoms with Crippen LogP contribution in [0.5, 0.6) is 0 Å². The van der Waals surface area contributed by atoms with Crippen molar-refractivity contribution in [2.45, 2.75) is 43.0 Å². The molecule has 0 aliphatic carbocycles. The molecule has 11 heteroatoms. The van der Waals surface area contributed by atoms with Gasteiger partial charge in [-0.3, -0.25) is 9.78 Å². The summed E-state index contributed by atoms with van der Waals surface area (Å²) in [6, 6.07) is 13.2. The molecule has 0 bridgehead atoms. The molecule has 2 N–H and O–H groups in total. The van der Waals surface area contributed by atoms with Gasteiger partial charge in [0.15, 0.2) is 0 Å². The lowest BCUT2D eigenvalue weighted by Gasteiger charge is -2.29. The van der Waals surface area contributed by atoms with Crippen LogP contribution in [0.4, 0.5) is 0 Å². The number of sulfonamides is 1. The third-order valence-corrected chi connectivity index (χ3v) is 8.78. The summed E-state index contributed by atoms with van der Waals surface area (Å²) >= 11 is 6.92. The Morgan fingerprint density at radius 1 is 1.09 bits per heavy atom. The molecule has 0 spiro atoms. The van der Waals surface area contributed by atoms with Gasteiger partial charge in [0, 0.05) is 28.8 Å². The number of rotatable bonds is 10. The van der Waals surface area contributed by atoms with Gasteiger partial charge in [0.1, 0.15) is 4.21 Å². The van der Waals surface area contributed by atoms with Crippen LogP contribution in [0.15, 0.2) is 65.1 Å². The first-order chi connectivity index (χ1) is 16.6. The topological polar surface area (TPSA) is 117 Å². The van der Waals surface area contributed by atoms with Gasteiger partial charge in [-0.1, -0.05) is 37.6 Å². The predicted octanol–water partition coefficient (Wildman–Crippen LogP) is 4.44. The molecule has 2 heterocycles. The van der Waals surface area contributed by atoms with Gasteiger partial charge in [-0.05, 0) is 59.9 Å². The van der Waals surface area contributed by atoms with Gasteiger partial charge in [0.2, 0.25) is 10.0 Å². The fourth-order valence-electron chi connectivity index (χ4n) is 3.64. The molecule has 186 valence electrons. The highest BCUT2D eigenvalue weighted by molar-refractivity contribution is 7.91. The summed E-state index contributed by atoms with van der Waals surface area (Å²) in [4.78, 5) is 29.8. The molecule has 2 atom stereocenters. The van der Waals surface area contributed by atoms with E-state index < -0.39 is 27.9 Å². The molecule has 8 nitrogen and oxygen atoms in total. The maximum Gasteiger partial charge on any atom is 0.394 e. The number of thiophene rings is 1. The zero-order valence-electron chi connectivity index (χ0n) is 19.2. The number of hydrogen-bond donors (Lipinski definition) is 2. The minimum Gasteiger partial charge on any atom is -0.474 e. The monoisotopic (exact) mass is 535 g/mol. The number of benzene rings is 1. The number of nitrogens with zero attached hydrogens (tertiary/aromatic N) is 2. The van der Waals surface area contributed by atoms with E-state index >= 15 is 0 Å². The van der Waals surface area contributed by atoms with Crippen LogP contribution in [0.3, 0.4) is 0 Å². The molecule has 0 aliphatic heterocycles. The van der Waals surface area contributed by atoms with Gasteiger partial charge in [0.25, 0.3) is 0 Å². The van der Waals surface area contributed by atoms with Crippen LogP contribution in [0, 0.1) is 0 Å². The van der Waals surface area contributed by atoms with Crippen molar-refractivity contribution in [1.29, 1.82) is 0 Å². The molecule has 3 rings (SSSR count). The minimum absolute atomic E-state index is 0.0344. The smallest absolute Gasteiger partial charge is 0.394 e. The first kappa shape index (κ1) is 26.8. The average molecular weight is 536 g/mol. The number of aliphatic carboxylic acids is 1. The lowest BCUT2D eigenvalue weighted by molar-refractivity contribution is -0.157. The van der Waals surface area contributed by atoms with Crippen LogP contribution < -0.4 is 4.72 Å². The summed E-state index contributed by atoms with van der Waals surface area (Å²) in [5.41, 5.74) is 1.70. The second-order valence-corrected chi connectivity index (χ2v) is 11.6. The summed E-state index contributed by atoms with van der Waals surface area (Å²) in [5, 5.41) is 9.98.